The van der Waals surface area contributed by atoms with Crippen LogP contribution in [-0.2, 0) is 6.54 Å². The van der Waals surface area contributed by atoms with Gasteiger partial charge in [0.1, 0.15) is 0 Å². The first kappa shape index (κ1) is 14.9. The lowest BCUT2D eigenvalue weighted by atomic mass is 10.0. The van der Waals surface area contributed by atoms with Crippen molar-refractivity contribution in [1.29, 1.82) is 0 Å². The first-order valence-electron chi connectivity index (χ1n) is 6.69. The van der Waals surface area contributed by atoms with Crippen molar-refractivity contribution in [2.24, 2.45) is 0 Å². The van der Waals surface area contributed by atoms with E-state index in [2.05, 4.69) is 9.88 Å². The van der Waals surface area contributed by atoms with Crippen LogP contribution in [-0.4, -0.2) is 28.8 Å². The molecule has 0 amide bonds. The number of aryl methyl sites for hydroxylation is 2. The second-order valence-electron chi connectivity index (χ2n) is 5.18. The summed E-state index contributed by atoms with van der Waals surface area (Å²) in [6.45, 7) is 6.75. The molecule has 0 bridgehead atoms. The lowest BCUT2D eigenvalue weighted by Gasteiger charge is -2.23. The average molecular weight is 288 g/mol. The van der Waals surface area contributed by atoms with Gasteiger partial charge in [-0.05, 0) is 27.8 Å². The molecule has 3 nitrogen and oxygen atoms in total. The Labute approximate surface area is 124 Å². The number of rotatable bonds is 5. The van der Waals surface area contributed by atoms with E-state index in [4.69, 9.17) is 0 Å². The molecule has 0 saturated heterocycles. The van der Waals surface area contributed by atoms with Gasteiger partial charge in [0, 0.05) is 17.0 Å². The Hall–Kier alpha value is -1.52. The lowest BCUT2D eigenvalue weighted by Crippen LogP contribution is -2.35. The van der Waals surface area contributed by atoms with Crippen molar-refractivity contribution in [2.45, 2.75) is 33.4 Å². The van der Waals surface area contributed by atoms with Gasteiger partial charge in [0.2, 0.25) is 0 Å². The Morgan fingerprint density at radius 3 is 2.50 bits per heavy atom. The number of Topliss-reactive ketones (excluding diaryl/α,β-unsaturated/α-hetero) is 1. The number of hydrogen-bond donors (Lipinski definition) is 0. The summed E-state index contributed by atoms with van der Waals surface area (Å²) >= 11 is 1.64. The molecular weight excluding hydrogens is 268 g/mol. The van der Waals surface area contributed by atoms with Crippen LogP contribution < -0.4 is 0 Å². The zero-order valence-corrected chi connectivity index (χ0v) is 13.2. The molecular formula is C16H20N2OS. The van der Waals surface area contributed by atoms with E-state index in [1.54, 1.807) is 11.3 Å². The molecule has 0 saturated carbocycles. The van der Waals surface area contributed by atoms with E-state index < -0.39 is 0 Å². The molecule has 1 atom stereocenters. The minimum Gasteiger partial charge on any atom is -0.292 e. The number of likely N-dealkylation sites (N-methyl/N-ethyl adjacent to an activating group) is 1. The predicted octanol–water partition coefficient (Wildman–Crippen LogP) is 3.46. The number of aromatic nitrogens is 1. The van der Waals surface area contributed by atoms with E-state index >= 15 is 0 Å². The zero-order chi connectivity index (χ0) is 14.7. The average Bonchev–Trinajstić information content (AvgIpc) is 2.83. The number of carbonyl (C=O) groups is 1. The molecule has 0 N–H and O–H groups in total. The maximum absolute atomic E-state index is 12.5. The lowest BCUT2D eigenvalue weighted by molar-refractivity contribution is 0.0863. The van der Waals surface area contributed by atoms with Gasteiger partial charge in [-0.1, -0.05) is 29.8 Å². The Kier molecular flexibility index (Phi) is 4.68. The molecule has 1 aromatic carbocycles. The number of thiazole rings is 1. The van der Waals surface area contributed by atoms with Gasteiger partial charge in [0.15, 0.2) is 5.78 Å². The van der Waals surface area contributed by atoms with Crippen LogP contribution >= 0.6 is 11.3 Å². The molecule has 1 aromatic heterocycles. The summed E-state index contributed by atoms with van der Waals surface area (Å²) in [5.74, 6) is 0.162. The van der Waals surface area contributed by atoms with E-state index in [1.807, 2.05) is 57.6 Å². The first-order chi connectivity index (χ1) is 9.49. The van der Waals surface area contributed by atoms with Gasteiger partial charge >= 0.3 is 0 Å². The third kappa shape index (κ3) is 3.32. The topological polar surface area (TPSA) is 33.2 Å². The fourth-order valence-corrected chi connectivity index (χ4v) is 2.84. The van der Waals surface area contributed by atoms with Crippen LogP contribution in [0.2, 0.25) is 0 Å². The molecule has 20 heavy (non-hydrogen) atoms. The van der Waals surface area contributed by atoms with Crippen LogP contribution in [0.25, 0.3) is 0 Å². The SMILES string of the molecule is Cc1ccc(C(=O)C(C)N(C)Cc2scnc2C)cc1. The summed E-state index contributed by atoms with van der Waals surface area (Å²) in [5.41, 5.74) is 4.85. The van der Waals surface area contributed by atoms with Crippen LogP contribution in [0.4, 0.5) is 0 Å². The van der Waals surface area contributed by atoms with Gasteiger partial charge in [0.25, 0.3) is 0 Å². The van der Waals surface area contributed by atoms with Crippen molar-refractivity contribution in [1.82, 2.24) is 9.88 Å². The van der Waals surface area contributed by atoms with Crippen molar-refractivity contribution in [3.63, 3.8) is 0 Å². The number of ketones is 1. The molecule has 0 radical (unpaired) electrons. The van der Waals surface area contributed by atoms with Crippen molar-refractivity contribution < 1.29 is 4.79 Å². The van der Waals surface area contributed by atoms with Crippen LogP contribution in [0.3, 0.4) is 0 Å². The molecule has 1 unspecified atom stereocenters. The summed E-state index contributed by atoms with van der Waals surface area (Å²) in [7, 11) is 1.98. The number of hydrogen-bond acceptors (Lipinski definition) is 4. The predicted molar refractivity (Wildman–Crippen MR) is 83.3 cm³/mol. The van der Waals surface area contributed by atoms with Crippen LogP contribution in [0.5, 0.6) is 0 Å². The molecule has 0 aliphatic rings. The van der Waals surface area contributed by atoms with E-state index in [-0.39, 0.29) is 11.8 Å². The second-order valence-corrected chi connectivity index (χ2v) is 6.12. The normalized spacial score (nSPS) is 12.7. The third-order valence-corrected chi connectivity index (χ3v) is 4.53. The molecule has 2 rings (SSSR count). The van der Waals surface area contributed by atoms with Gasteiger partial charge in [-0.15, -0.1) is 11.3 Å². The first-order valence-corrected chi connectivity index (χ1v) is 7.57. The molecule has 106 valence electrons. The Balaban J connectivity index is 2.06. The second kappa shape index (κ2) is 6.29. The van der Waals surface area contributed by atoms with E-state index in [0.29, 0.717) is 0 Å². The fraction of sp³-hybridized carbons (Fsp3) is 0.375. The molecule has 0 aliphatic carbocycles. The standard InChI is InChI=1S/C16H20N2OS/c1-11-5-7-14(8-6-11)16(19)13(3)18(4)9-15-12(2)17-10-20-15/h5-8,10,13H,9H2,1-4H3. The monoisotopic (exact) mass is 288 g/mol. The Morgan fingerprint density at radius 2 is 1.95 bits per heavy atom. The minimum absolute atomic E-state index is 0.140. The molecule has 0 fully saturated rings. The Bertz CT molecular complexity index is 589. The van der Waals surface area contributed by atoms with Crippen LogP contribution in [0, 0.1) is 13.8 Å². The van der Waals surface area contributed by atoms with Crippen molar-refractivity contribution in [3.05, 3.63) is 51.5 Å². The molecule has 0 aliphatic heterocycles. The molecule has 1 heterocycles. The van der Waals surface area contributed by atoms with Gasteiger partial charge in [0.05, 0.1) is 17.2 Å². The van der Waals surface area contributed by atoms with E-state index in [1.165, 1.54) is 10.4 Å². The summed E-state index contributed by atoms with van der Waals surface area (Å²) < 4.78 is 0. The number of benzene rings is 1. The largest absolute Gasteiger partial charge is 0.292 e. The Morgan fingerprint density at radius 1 is 1.30 bits per heavy atom. The third-order valence-electron chi connectivity index (χ3n) is 3.61. The quantitative estimate of drug-likeness (QED) is 0.790. The van der Waals surface area contributed by atoms with Crippen molar-refractivity contribution >= 4 is 17.1 Å². The van der Waals surface area contributed by atoms with Crippen LogP contribution in [0.15, 0.2) is 29.8 Å². The van der Waals surface area contributed by atoms with E-state index in [9.17, 15) is 4.79 Å². The summed E-state index contributed by atoms with van der Waals surface area (Å²) in [6, 6.07) is 7.62. The highest BCUT2D eigenvalue weighted by atomic mass is 32.1. The van der Waals surface area contributed by atoms with Gasteiger partial charge in [-0.3, -0.25) is 9.69 Å². The summed E-state index contributed by atoms with van der Waals surface area (Å²) in [4.78, 5) is 20.0. The van der Waals surface area contributed by atoms with Crippen molar-refractivity contribution in [3.8, 4) is 0 Å². The zero-order valence-electron chi connectivity index (χ0n) is 12.4. The van der Waals surface area contributed by atoms with Gasteiger partial charge < -0.3 is 0 Å². The molecule has 2 aromatic rings. The maximum Gasteiger partial charge on any atom is 0.179 e. The maximum atomic E-state index is 12.5. The van der Waals surface area contributed by atoms with Gasteiger partial charge in [-0.25, -0.2) is 4.98 Å². The highest BCUT2D eigenvalue weighted by Crippen LogP contribution is 2.17. The van der Waals surface area contributed by atoms with E-state index in [0.717, 1.165) is 17.8 Å². The summed E-state index contributed by atoms with van der Waals surface area (Å²) in [5, 5.41) is 0. The van der Waals surface area contributed by atoms with Crippen molar-refractivity contribution in [2.75, 3.05) is 7.05 Å². The van der Waals surface area contributed by atoms with Gasteiger partial charge in [-0.2, -0.15) is 0 Å². The fourth-order valence-electron chi connectivity index (χ4n) is 2.00. The highest BCUT2D eigenvalue weighted by Gasteiger charge is 2.20. The summed E-state index contributed by atoms with van der Waals surface area (Å²) in [6.07, 6.45) is 0. The number of nitrogens with zero attached hydrogens (tertiary/aromatic N) is 2. The minimum atomic E-state index is -0.140. The molecule has 4 heteroatoms. The molecule has 0 spiro atoms. The number of carbonyl (C=O) groups excluding carboxylic acids is 1. The highest BCUT2D eigenvalue weighted by molar-refractivity contribution is 7.09. The van der Waals surface area contributed by atoms with Crippen LogP contribution in [0.1, 0.15) is 33.4 Å². The smallest absolute Gasteiger partial charge is 0.179 e.